The zero-order chi connectivity index (χ0) is 17.1. The van der Waals surface area contributed by atoms with Gasteiger partial charge in [0.15, 0.2) is 0 Å². The lowest BCUT2D eigenvalue weighted by Gasteiger charge is -2.22. The zero-order valence-electron chi connectivity index (χ0n) is 13.5. The second-order valence-electron chi connectivity index (χ2n) is 5.97. The quantitative estimate of drug-likeness (QED) is 0.832. The average molecular weight is 351 g/mol. The number of hydrogen-bond acceptors (Lipinski definition) is 2. The molecule has 1 heterocycles. The minimum absolute atomic E-state index is 0.129. The lowest BCUT2D eigenvalue weighted by atomic mass is 10.2. The molecule has 7 heteroatoms. The Kier molecular flexibility index (Phi) is 5.04. The summed E-state index contributed by atoms with van der Waals surface area (Å²) in [6, 6.07) is 6.24. The predicted octanol–water partition coefficient (Wildman–Crippen LogP) is 3.81. The van der Waals surface area contributed by atoms with Gasteiger partial charge in [-0.3, -0.25) is 5.10 Å². The molecule has 2 N–H and O–H groups in total. The van der Waals surface area contributed by atoms with Gasteiger partial charge in [0.05, 0.1) is 24.5 Å². The van der Waals surface area contributed by atoms with E-state index in [1.54, 1.807) is 12.1 Å². The van der Waals surface area contributed by atoms with Crippen molar-refractivity contribution in [3.63, 3.8) is 0 Å². The topological polar surface area (TPSA) is 61.0 Å². The summed E-state index contributed by atoms with van der Waals surface area (Å²) in [6.45, 7) is 2.78. The van der Waals surface area contributed by atoms with E-state index in [4.69, 9.17) is 11.6 Å². The first-order valence-electron chi connectivity index (χ1n) is 8.08. The number of carbonyl (C=O) groups is 1. The number of amides is 2. The standard InChI is InChI=1S/C17H20ClFN4O/c1-2-23(10-13-14(18)4-3-5-15(13)19)17(24)20-9-12-8-16(22-21-12)11-6-7-11/h3-5,8,11H,2,6-7,9-10H2,1H3,(H,20,24)(H,21,22). The van der Waals surface area contributed by atoms with Gasteiger partial charge in [-0.15, -0.1) is 0 Å². The van der Waals surface area contributed by atoms with Crippen molar-refractivity contribution in [2.45, 2.75) is 38.8 Å². The van der Waals surface area contributed by atoms with Crippen molar-refractivity contribution in [3.05, 3.63) is 52.1 Å². The maximum absolute atomic E-state index is 13.9. The largest absolute Gasteiger partial charge is 0.332 e. The number of nitrogens with one attached hydrogen (secondary N) is 2. The minimum Gasteiger partial charge on any atom is -0.332 e. The van der Waals surface area contributed by atoms with E-state index in [1.165, 1.54) is 23.8 Å². The fraction of sp³-hybridized carbons (Fsp3) is 0.412. The normalized spacial score (nSPS) is 13.8. The highest BCUT2D eigenvalue weighted by Gasteiger charge is 2.26. The number of hydrogen-bond donors (Lipinski definition) is 2. The molecule has 5 nitrogen and oxygen atoms in total. The Balaban J connectivity index is 1.59. The Labute approximate surface area is 145 Å². The molecule has 128 valence electrons. The lowest BCUT2D eigenvalue weighted by molar-refractivity contribution is 0.197. The van der Waals surface area contributed by atoms with Crippen LogP contribution in [0.15, 0.2) is 24.3 Å². The molecule has 1 aliphatic rings. The van der Waals surface area contributed by atoms with Crippen molar-refractivity contribution in [1.29, 1.82) is 0 Å². The van der Waals surface area contributed by atoms with Crippen molar-refractivity contribution >= 4 is 17.6 Å². The number of aromatic nitrogens is 2. The molecule has 0 spiro atoms. The van der Waals surface area contributed by atoms with E-state index in [0.29, 0.717) is 29.6 Å². The highest BCUT2D eigenvalue weighted by atomic mass is 35.5. The molecule has 1 aliphatic carbocycles. The number of urea groups is 1. The van der Waals surface area contributed by atoms with Crippen LogP contribution >= 0.6 is 11.6 Å². The Morgan fingerprint density at radius 1 is 1.50 bits per heavy atom. The molecule has 3 rings (SSSR count). The van der Waals surface area contributed by atoms with Gasteiger partial charge in [-0.1, -0.05) is 17.7 Å². The molecule has 1 aromatic carbocycles. The van der Waals surface area contributed by atoms with Gasteiger partial charge in [0.25, 0.3) is 0 Å². The van der Waals surface area contributed by atoms with Gasteiger partial charge >= 0.3 is 6.03 Å². The van der Waals surface area contributed by atoms with E-state index in [0.717, 1.165) is 11.4 Å². The third-order valence-corrected chi connectivity index (χ3v) is 4.51. The fourth-order valence-corrected chi connectivity index (χ4v) is 2.77. The second-order valence-corrected chi connectivity index (χ2v) is 6.37. The average Bonchev–Trinajstić information content (AvgIpc) is 3.31. The summed E-state index contributed by atoms with van der Waals surface area (Å²) < 4.78 is 13.9. The van der Waals surface area contributed by atoms with E-state index >= 15 is 0 Å². The van der Waals surface area contributed by atoms with Crippen LogP contribution in [0.4, 0.5) is 9.18 Å². The van der Waals surface area contributed by atoms with Crippen LogP contribution in [-0.4, -0.2) is 27.7 Å². The van der Waals surface area contributed by atoms with Gasteiger partial charge in [-0.05, 0) is 38.0 Å². The molecular formula is C17H20ClFN4O. The van der Waals surface area contributed by atoms with E-state index in [9.17, 15) is 9.18 Å². The molecule has 0 bridgehead atoms. The molecule has 24 heavy (non-hydrogen) atoms. The van der Waals surface area contributed by atoms with Crippen LogP contribution in [0.25, 0.3) is 0 Å². The highest BCUT2D eigenvalue weighted by Crippen LogP contribution is 2.38. The molecule has 2 amide bonds. The van der Waals surface area contributed by atoms with E-state index in [-0.39, 0.29) is 12.6 Å². The molecule has 1 fully saturated rings. The number of aromatic amines is 1. The first kappa shape index (κ1) is 16.8. The molecule has 0 atom stereocenters. The summed E-state index contributed by atoms with van der Waals surface area (Å²) in [7, 11) is 0. The maximum atomic E-state index is 13.9. The van der Waals surface area contributed by atoms with Crippen LogP contribution in [0.3, 0.4) is 0 Å². The van der Waals surface area contributed by atoms with Crippen molar-refractivity contribution in [1.82, 2.24) is 20.4 Å². The monoisotopic (exact) mass is 350 g/mol. The number of nitrogens with zero attached hydrogens (tertiary/aromatic N) is 2. The molecule has 2 aromatic rings. The molecule has 0 radical (unpaired) electrons. The van der Waals surface area contributed by atoms with Crippen LogP contribution in [0.1, 0.15) is 42.6 Å². The Morgan fingerprint density at radius 2 is 2.29 bits per heavy atom. The number of H-pyrrole nitrogens is 1. The van der Waals surface area contributed by atoms with Crippen molar-refractivity contribution in [2.75, 3.05) is 6.54 Å². The van der Waals surface area contributed by atoms with Crippen molar-refractivity contribution in [3.8, 4) is 0 Å². The van der Waals surface area contributed by atoms with Crippen LogP contribution in [-0.2, 0) is 13.1 Å². The fourth-order valence-electron chi connectivity index (χ4n) is 2.54. The van der Waals surface area contributed by atoms with Crippen LogP contribution in [0.2, 0.25) is 5.02 Å². The number of carbonyl (C=O) groups excluding carboxylic acids is 1. The number of benzene rings is 1. The molecule has 1 saturated carbocycles. The lowest BCUT2D eigenvalue weighted by Crippen LogP contribution is -2.39. The van der Waals surface area contributed by atoms with Crippen molar-refractivity contribution in [2.24, 2.45) is 0 Å². The van der Waals surface area contributed by atoms with Crippen LogP contribution < -0.4 is 5.32 Å². The van der Waals surface area contributed by atoms with E-state index in [1.807, 2.05) is 13.0 Å². The Bertz CT molecular complexity index is 709. The third-order valence-electron chi connectivity index (χ3n) is 4.16. The molecule has 0 aliphatic heterocycles. The highest BCUT2D eigenvalue weighted by molar-refractivity contribution is 6.31. The summed E-state index contributed by atoms with van der Waals surface area (Å²) in [5.74, 6) is 0.164. The molecule has 0 saturated heterocycles. The van der Waals surface area contributed by atoms with Gasteiger partial charge in [-0.25, -0.2) is 9.18 Å². The third kappa shape index (κ3) is 3.87. The van der Waals surface area contributed by atoms with Gasteiger partial charge in [0.1, 0.15) is 5.82 Å². The van der Waals surface area contributed by atoms with Gasteiger partial charge < -0.3 is 10.2 Å². The van der Waals surface area contributed by atoms with Gasteiger partial charge in [-0.2, -0.15) is 5.10 Å². The summed E-state index contributed by atoms with van der Waals surface area (Å²) >= 11 is 6.03. The number of halogens is 2. The van der Waals surface area contributed by atoms with E-state index in [2.05, 4.69) is 15.5 Å². The summed E-state index contributed by atoms with van der Waals surface area (Å²) in [5.41, 5.74) is 2.25. The first-order valence-corrected chi connectivity index (χ1v) is 8.46. The maximum Gasteiger partial charge on any atom is 0.318 e. The van der Waals surface area contributed by atoms with Gasteiger partial charge in [0.2, 0.25) is 0 Å². The summed E-state index contributed by atoms with van der Waals surface area (Å²) in [4.78, 5) is 13.9. The zero-order valence-corrected chi connectivity index (χ0v) is 14.2. The Morgan fingerprint density at radius 3 is 2.96 bits per heavy atom. The first-order chi connectivity index (χ1) is 11.6. The van der Waals surface area contributed by atoms with Crippen molar-refractivity contribution < 1.29 is 9.18 Å². The smallest absolute Gasteiger partial charge is 0.318 e. The summed E-state index contributed by atoms with van der Waals surface area (Å²) in [5, 5.41) is 10.4. The number of rotatable bonds is 6. The summed E-state index contributed by atoms with van der Waals surface area (Å²) in [6.07, 6.45) is 2.37. The second kappa shape index (κ2) is 7.21. The van der Waals surface area contributed by atoms with Crippen LogP contribution in [0, 0.1) is 5.82 Å². The minimum atomic E-state index is -0.406. The molecule has 1 aromatic heterocycles. The molecule has 0 unspecified atom stereocenters. The molecular weight excluding hydrogens is 331 g/mol. The van der Waals surface area contributed by atoms with Gasteiger partial charge in [0, 0.05) is 23.0 Å². The SMILES string of the molecule is CCN(Cc1c(F)cccc1Cl)C(=O)NCc1cc(C2CC2)n[nH]1. The van der Waals surface area contributed by atoms with E-state index < -0.39 is 5.82 Å². The predicted molar refractivity (Wildman–Crippen MR) is 90.3 cm³/mol. The Hall–Kier alpha value is -2.08. The van der Waals surface area contributed by atoms with Crippen LogP contribution in [0.5, 0.6) is 0 Å².